The molecule has 6 nitrogen and oxygen atoms in total. The van der Waals surface area contributed by atoms with Gasteiger partial charge in [-0.05, 0) is 24.5 Å². The van der Waals surface area contributed by atoms with Gasteiger partial charge in [0.25, 0.3) is 11.6 Å². The minimum atomic E-state index is -0.400. The Morgan fingerprint density at radius 1 is 1.39 bits per heavy atom. The summed E-state index contributed by atoms with van der Waals surface area (Å²) in [6, 6.07) is 3.19. The van der Waals surface area contributed by atoms with E-state index in [1.54, 1.807) is 6.07 Å². The summed E-state index contributed by atoms with van der Waals surface area (Å²) in [5.41, 5.74) is 2.85. The van der Waals surface area contributed by atoms with Gasteiger partial charge in [-0.2, -0.15) is 0 Å². The van der Waals surface area contributed by atoms with Gasteiger partial charge in [0.2, 0.25) is 0 Å². The molecule has 0 spiro atoms. The van der Waals surface area contributed by atoms with E-state index in [-0.39, 0.29) is 11.6 Å². The number of nitro benzene ring substituents is 1. The fraction of sp³-hybridized carbons (Fsp3) is 0.250. The number of non-ortho nitro benzene ring substituents is 1. The summed E-state index contributed by atoms with van der Waals surface area (Å²) in [7, 11) is 0. The molecule has 2 aromatic rings. The van der Waals surface area contributed by atoms with Crippen molar-refractivity contribution in [3.8, 4) is 0 Å². The second kappa shape index (κ2) is 3.56. The predicted molar refractivity (Wildman–Crippen MR) is 65.7 cm³/mol. The number of amides is 1. The molecule has 92 valence electrons. The van der Waals surface area contributed by atoms with Crippen LogP contribution in [0.4, 0.5) is 5.69 Å². The maximum atomic E-state index is 11.7. The standard InChI is InChI=1S/C12H11N3O3/c1-6-2-3-8(15(17)18)9-7-4-5-13-12(16)11(7)14-10(6)9/h2-3,14H,4-5H2,1H3,(H,13,16). The summed E-state index contributed by atoms with van der Waals surface area (Å²) in [4.78, 5) is 25.4. The number of benzene rings is 1. The van der Waals surface area contributed by atoms with E-state index < -0.39 is 4.92 Å². The van der Waals surface area contributed by atoms with Crippen LogP contribution >= 0.6 is 0 Å². The molecule has 18 heavy (non-hydrogen) atoms. The van der Waals surface area contributed by atoms with Gasteiger partial charge in [-0.15, -0.1) is 0 Å². The quantitative estimate of drug-likeness (QED) is 0.591. The number of rotatable bonds is 1. The molecular formula is C12H11N3O3. The molecule has 0 atom stereocenters. The second-order valence-corrected chi connectivity index (χ2v) is 4.39. The minimum absolute atomic E-state index is 0.0581. The van der Waals surface area contributed by atoms with Gasteiger partial charge in [-0.3, -0.25) is 14.9 Å². The molecule has 0 saturated heterocycles. The zero-order valence-corrected chi connectivity index (χ0v) is 9.74. The van der Waals surface area contributed by atoms with Gasteiger partial charge in [-0.1, -0.05) is 6.07 Å². The zero-order chi connectivity index (χ0) is 12.9. The summed E-state index contributed by atoms with van der Waals surface area (Å²) in [5.74, 6) is -0.193. The van der Waals surface area contributed by atoms with Crippen molar-refractivity contribution < 1.29 is 9.72 Å². The Balaban J connectivity index is 2.44. The number of carbonyl (C=O) groups is 1. The molecule has 0 saturated carbocycles. The highest BCUT2D eigenvalue weighted by atomic mass is 16.6. The fourth-order valence-electron chi connectivity index (χ4n) is 2.47. The molecule has 0 fully saturated rings. The van der Waals surface area contributed by atoms with Crippen LogP contribution in [0.2, 0.25) is 0 Å². The van der Waals surface area contributed by atoms with Crippen LogP contribution in [0.3, 0.4) is 0 Å². The van der Waals surface area contributed by atoms with Crippen LogP contribution in [-0.2, 0) is 6.42 Å². The first-order valence-corrected chi connectivity index (χ1v) is 5.66. The molecule has 0 bridgehead atoms. The number of H-pyrrole nitrogens is 1. The van der Waals surface area contributed by atoms with Crippen molar-refractivity contribution in [1.29, 1.82) is 0 Å². The number of hydrogen-bond donors (Lipinski definition) is 2. The van der Waals surface area contributed by atoms with Crippen LogP contribution in [0, 0.1) is 17.0 Å². The van der Waals surface area contributed by atoms with E-state index in [4.69, 9.17) is 0 Å². The van der Waals surface area contributed by atoms with Crippen molar-refractivity contribution in [2.24, 2.45) is 0 Å². The average molecular weight is 245 g/mol. The van der Waals surface area contributed by atoms with Crippen molar-refractivity contribution in [3.05, 3.63) is 39.1 Å². The summed E-state index contributed by atoms with van der Waals surface area (Å²) in [5, 5.41) is 14.4. The molecule has 1 amide bonds. The molecule has 1 aromatic heterocycles. The molecule has 0 unspecified atom stereocenters. The largest absolute Gasteiger partial charge is 0.350 e. The van der Waals surface area contributed by atoms with Crippen molar-refractivity contribution >= 4 is 22.5 Å². The number of fused-ring (bicyclic) bond motifs is 3. The molecule has 1 aliphatic heterocycles. The smallest absolute Gasteiger partial charge is 0.279 e. The van der Waals surface area contributed by atoms with E-state index in [9.17, 15) is 14.9 Å². The molecule has 2 N–H and O–H groups in total. The Kier molecular flexibility index (Phi) is 2.13. The lowest BCUT2D eigenvalue weighted by atomic mass is 10.0. The first-order chi connectivity index (χ1) is 8.59. The van der Waals surface area contributed by atoms with E-state index >= 15 is 0 Å². The monoisotopic (exact) mass is 245 g/mol. The van der Waals surface area contributed by atoms with E-state index in [0.29, 0.717) is 29.6 Å². The molecule has 3 rings (SSSR count). The summed E-state index contributed by atoms with van der Waals surface area (Å²) in [6.07, 6.45) is 0.616. The summed E-state index contributed by atoms with van der Waals surface area (Å²) >= 11 is 0. The van der Waals surface area contributed by atoms with Crippen LogP contribution < -0.4 is 5.32 Å². The molecule has 0 aliphatic carbocycles. The Bertz CT molecular complexity index is 687. The zero-order valence-electron chi connectivity index (χ0n) is 9.74. The Labute approximate surface area is 102 Å². The van der Waals surface area contributed by atoms with E-state index in [1.807, 2.05) is 6.92 Å². The fourth-order valence-corrected chi connectivity index (χ4v) is 2.47. The maximum Gasteiger partial charge on any atom is 0.279 e. The third-order valence-corrected chi connectivity index (χ3v) is 3.33. The first-order valence-electron chi connectivity index (χ1n) is 5.66. The SMILES string of the molecule is Cc1ccc([N+](=O)[O-])c2c3c([nH]c12)C(=O)NCC3. The predicted octanol–water partition coefficient (Wildman–Crippen LogP) is 1.67. The number of nitrogens with one attached hydrogen (secondary N) is 2. The first kappa shape index (κ1) is 10.8. The molecule has 0 radical (unpaired) electrons. The van der Waals surface area contributed by atoms with Crippen molar-refractivity contribution in [2.75, 3.05) is 6.54 Å². The summed E-state index contributed by atoms with van der Waals surface area (Å²) < 4.78 is 0. The number of aromatic nitrogens is 1. The topological polar surface area (TPSA) is 88.0 Å². The van der Waals surface area contributed by atoms with Gasteiger partial charge >= 0.3 is 0 Å². The minimum Gasteiger partial charge on any atom is -0.350 e. The number of nitro groups is 1. The number of aryl methyl sites for hydroxylation is 1. The third-order valence-electron chi connectivity index (χ3n) is 3.33. The third kappa shape index (κ3) is 1.32. The Hall–Kier alpha value is -2.37. The van der Waals surface area contributed by atoms with Gasteiger partial charge in [0.15, 0.2) is 0 Å². The molecule has 6 heteroatoms. The van der Waals surface area contributed by atoms with Crippen molar-refractivity contribution in [3.63, 3.8) is 0 Å². The maximum absolute atomic E-state index is 11.7. The number of carbonyl (C=O) groups excluding carboxylic acids is 1. The highest BCUT2D eigenvalue weighted by Crippen LogP contribution is 2.34. The van der Waals surface area contributed by atoms with Gasteiger partial charge in [0.1, 0.15) is 5.69 Å². The van der Waals surface area contributed by atoms with Gasteiger partial charge in [-0.25, -0.2) is 0 Å². The number of hydrogen-bond acceptors (Lipinski definition) is 3. The molecular weight excluding hydrogens is 234 g/mol. The second-order valence-electron chi connectivity index (χ2n) is 4.39. The van der Waals surface area contributed by atoms with Crippen LogP contribution in [0.5, 0.6) is 0 Å². The van der Waals surface area contributed by atoms with E-state index in [1.165, 1.54) is 6.07 Å². The van der Waals surface area contributed by atoms with Crippen LogP contribution in [0.15, 0.2) is 12.1 Å². The normalized spacial score (nSPS) is 14.4. The van der Waals surface area contributed by atoms with E-state index in [0.717, 1.165) is 11.1 Å². The lowest BCUT2D eigenvalue weighted by Gasteiger charge is -2.11. The lowest BCUT2D eigenvalue weighted by Crippen LogP contribution is -2.31. The van der Waals surface area contributed by atoms with Crippen LogP contribution in [-0.4, -0.2) is 22.4 Å². The van der Waals surface area contributed by atoms with Gasteiger partial charge < -0.3 is 10.3 Å². The lowest BCUT2D eigenvalue weighted by molar-refractivity contribution is -0.383. The van der Waals surface area contributed by atoms with Crippen LogP contribution in [0.1, 0.15) is 21.6 Å². The number of aromatic amines is 1. The highest BCUT2D eigenvalue weighted by Gasteiger charge is 2.27. The Morgan fingerprint density at radius 3 is 2.89 bits per heavy atom. The molecule has 1 aliphatic rings. The van der Waals surface area contributed by atoms with Crippen molar-refractivity contribution in [1.82, 2.24) is 10.3 Å². The van der Waals surface area contributed by atoms with Gasteiger partial charge in [0.05, 0.1) is 15.8 Å². The molecule has 2 heterocycles. The van der Waals surface area contributed by atoms with E-state index in [2.05, 4.69) is 10.3 Å². The van der Waals surface area contributed by atoms with Crippen LogP contribution in [0.25, 0.3) is 10.9 Å². The molecule has 1 aromatic carbocycles. The Morgan fingerprint density at radius 2 is 2.17 bits per heavy atom. The average Bonchev–Trinajstić information content (AvgIpc) is 2.71. The summed E-state index contributed by atoms with van der Waals surface area (Å²) in [6.45, 7) is 2.38. The van der Waals surface area contributed by atoms with Gasteiger partial charge in [0, 0.05) is 12.6 Å². The highest BCUT2D eigenvalue weighted by molar-refractivity contribution is 6.05. The van der Waals surface area contributed by atoms with Crippen molar-refractivity contribution in [2.45, 2.75) is 13.3 Å². The number of nitrogens with zero attached hydrogens (tertiary/aromatic N) is 1.